The van der Waals surface area contributed by atoms with Crippen molar-refractivity contribution in [3.8, 4) is 0 Å². The lowest BCUT2D eigenvalue weighted by atomic mass is 10.0. The van der Waals surface area contributed by atoms with Crippen LogP contribution in [0.3, 0.4) is 0 Å². The van der Waals surface area contributed by atoms with E-state index in [-0.39, 0.29) is 17.8 Å². The third kappa shape index (κ3) is 11.1. The number of carbonyl (C=O) groups is 2. The Balaban J connectivity index is 3.99. The summed E-state index contributed by atoms with van der Waals surface area (Å²) in [4.78, 5) is 23.1. The van der Waals surface area contributed by atoms with Gasteiger partial charge in [-0.1, -0.05) is 71.1 Å². The number of hydroxylamine groups is 2. The number of nitrogens with zero attached hydrogens (tertiary/aromatic N) is 1. The Morgan fingerprint density at radius 1 is 0.857 bits per heavy atom. The molecule has 8 nitrogen and oxygen atoms in total. The summed E-state index contributed by atoms with van der Waals surface area (Å²) in [5.41, 5.74) is 0. The van der Waals surface area contributed by atoms with Crippen LogP contribution in [0.4, 0.5) is 0 Å². The molecule has 0 aliphatic carbocycles. The first kappa shape index (κ1) is 26.9. The van der Waals surface area contributed by atoms with Crippen LogP contribution >= 0.6 is 0 Å². The minimum Gasteiger partial charge on any atom is -0.394 e. The van der Waals surface area contributed by atoms with Gasteiger partial charge >= 0.3 is 0 Å². The molecule has 8 heteroatoms. The molecular formula is C20H39NO7. The molecule has 4 atom stereocenters. The van der Waals surface area contributed by atoms with Gasteiger partial charge in [0.15, 0.2) is 0 Å². The lowest BCUT2D eigenvalue weighted by molar-refractivity contribution is -0.195. The number of hydrogen-bond donors (Lipinski definition) is 5. The molecule has 0 heterocycles. The smallest absolute Gasteiger partial charge is 0.246 e. The van der Waals surface area contributed by atoms with Crippen LogP contribution in [0.5, 0.6) is 0 Å². The van der Waals surface area contributed by atoms with Crippen molar-refractivity contribution in [3.05, 3.63) is 0 Å². The van der Waals surface area contributed by atoms with Crippen molar-refractivity contribution >= 4 is 12.2 Å². The standard InChI is InChI=1S/C20H39NO7/c1-2-3-4-5-6-7-8-9-10-11-12-13-18(25)21(28)16(14-22)19(26)20(27)17(24)15-23/h14,16-17,19-20,23-24,26-28H,2-13,15H2,1H3/t16-,17+,19+,20+/m0/s1. The molecule has 0 saturated carbocycles. The molecule has 0 saturated heterocycles. The molecule has 5 N–H and O–H groups in total. The van der Waals surface area contributed by atoms with Crippen LogP contribution in [0, 0.1) is 0 Å². The number of carbonyl (C=O) groups excluding carboxylic acids is 2. The van der Waals surface area contributed by atoms with E-state index in [1.54, 1.807) is 0 Å². The highest BCUT2D eigenvalue weighted by Gasteiger charge is 2.36. The monoisotopic (exact) mass is 405 g/mol. The maximum atomic E-state index is 12.0. The zero-order chi connectivity index (χ0) is 21.4. The van der Waals surface area contributed by atoms with Crippen molar-refractivity contribution < 1.29 is 35.2 Å². The molecular weight excluding hydrogens is 366 g/mol. The summed E-state index contributed by atoms with van der Waals surface area (Å²) >= 11 is 0. The first-order valence-electron chi connectivity index (χ1n) is 10.5. The molecule has 0 spiro atoms. The van der Waals surface area contributed by atoms with Crippen molar-refractivity contribution in [2.24, 2.45) is 0 Å². The van der Waals surface area contributed by atoms with E-state index in [0.717, 1.165) is 19.3 Å². The second kappa shape index (κ2) is 16.9. The van der Waals surface area contributed by atoms with Gasteiger partial charge in [0.1, 0.15) is 30.6 Å². The Morgan fingerprint density at radius 3 is 1.75 bits per heavy atom. The van der Waals surface area contributed by atoms with Gasteiger partial charge in [-0.25, -0.2) is 5.06 Å². The third-order valence-electron chi connectivity index (χ3n) is 4.95. The van der Waals surface area contributed by atoms with Crippen LogP contribution in [-0.4, -0.2) is 73.9 Å². The molecule has 0 bridgehead atoms. The molecule has 0 aromatic rings. The highest BCUT2D eigenvalue weighted by molar-refractivity contribution is 5.78. The molecule has 0 aliphatic rings. The van der Waals surface area contributed by atoms with Gasteiger partial charge in [-0.2, -0.15) is 0 Å². The summed E-state index contributed by atoms with van der Waals surface area (Å²) in [7, 11) is 0. The van der Waals surface area contributed by atoms with E-state index >= 15 is 0 Å². The largest absolute Gasteiger partial charge is 0.394 e. The Hall–Kier alpha value is -1.06. The highest BCUT2D eigenvalue weighted by Crippen LogP contribution is 2.14. The molecule has 1 amide bonds. The molecule has 0 fully saturated rings. The predicted octanol–water partition coefficient (Wildman–Crippen LogP) is 1.55. The highest BCUT2D eigenvalue weighted by atomic mass is 16.5. The average Bonchev–Trinajstić information content (AvgIpc) is 2.70. The predicted molar refractivity (Wildman–Crippen MR) is 105 cm³/mol. The minimum atomic E-state index is -1.91. The molecule has 0 rings (SSSR count). The van der Waals surface area contributed by atoms with Gasteiger partial charge in [0.25, 0.3) is 0 Å². The van der Waals surface area contributed by atoms with E-state index in [9.17, 15) is 30.1 Å². The Kier molecular flexibility index (Phi) is 16.2. The Morgan fingerprint density at radius 2 is 1.32 bits per heavy atom. The van der Waals surface area contributed by atoms with E-state index in [0.29, 0.717) is 6.42 Å². The fraction of sp³-hybridized carbons (Fsp3) is 0.900. The number of amides is 1. The van der Waals surface area contributed by atoms with Crippen LogP contribution in [-0.2, 0) is 9.59 Å². The zero-order valence-electron chi connectivity index (χ0n) is 17.1. The molecule has 28 heavy (non-hydrogen) atoms. The molecule has 0 unspecified atom stereocenters. The van der Waals surface area contributed by atoms with E-state index in [1.807, 2.05) is 0 Å². The van der Waals surface area contributed by atoms with E-state index in [4.69, 9.17) is 5.11 Å². The van der Waals surface area contributed by atoms with E-state index < -0.39 is 36.9 Å². The molecule has 0 aliphatic heterocycles. The second-order valence-electron chi connectivity index (χ2n) is 7.38. The van der Waals surface area contributed by atoms with Crippen LogP contribution in [0.25, 0.3) is 0 Å². The lowest BCUT2D eigenvalue weighted by Crippen LogP contribution is -2.54. The summed E-state index contributed by atoms with van der Waals surface area (Å²) in [6.07, 6.45) is 6.98. The Labute approximate surface area is 168 Å². The maximum absolute atomic E-state index is 12.0. The van der Waals surface area contributed by atoms with Gasteiger partial charge in [-0.05, 0) is 6.42 Å². The number of aldehydes is 1. The van der Waals surface area contributed by atoms with Gasteiger partial charge in [0.2, 0.25) is 5.91 Å². The third-order valence-corrected chi connectivity index (χ3v) is 4.95. The van der Waals surface area contributed by atoms with Crippen molar-refractivity contribution in [3.63, 3.8) is 0 Å². The lowest BCUT2D eigenvalue weighted by Gasteiger charge is -2.30. The summed E-state index contributed by atoms with van der Waals surface area (Å²) < 4.78 is 0. The first-order valence-corrected chi connectivity index (χ1v) is 10.5. The Bertz CT molecular complexity index is 408. The van der Waals surface area contributed by atoms with Gasteiger partial charge < -0.3 is 25.2 Å². The fourth-order valence-corrected chi connectivity index (χ4v) is 3.04. The first-order chi connectivity index (χ1) is 13.4. The van der Waals surface area contributed by atoms with Crippen LogP contribution < -0.4 is 0 Å². The van der Waals surface area contributed by atoms with Crippen LogP contribution in [0.2, 0.25) is 0 Å². The fourth-order valence-electron chi connectivity index (χ4n) is 3.04. The molecule has 166 valence electrons. The number of aliphatic hydroxyl groups excluding tert-OH is 4. The number of hydrogen-bond acceptors (Lipinski definition) is 7. The van der Waals surface area contributed by atoms with Gasteiger partial charge in [0.05, 0.1) is 6.61 Å². The molecule has 0 radical (unpaired) electrons. The van der Waals surface area contributed by atoms with Gasteiger partial charge in [0, 0.05) is 6.42 Å². The minimum absolute atomic E-state index is 0.0171. The van der Waals surface area contributed by atoms with Crippen molar-refractivity contribution in [1.82, 2.24) is 5.06 Å². The second-order valence-corrected chi connectivity index (χ2v) is 7.38. The summed E-state index contributed by atoms with van der Waals surface area (Å²) in [5, 5.41) is 47.5. The van der Waals surface area contributed by atoms with E-state index in [1.165, 1.54) is 44.9 Å². The topological polar surface area (TPSA) is 139 Å². The van der Waals surface area contributed by atoms with Crippen molar-refractivity contribution in [1.29, 1.82) is 0 Å². The van der Waals surface area contributed by atoms with Gasteiger partial charge in [-0.15, -0.1) is 0 Å². The summed E-state index contributed by atoms with van der Waals surface area (Å²) in [5.74, 6) is -0.738. The van der Waals surface area contributed by atoms with Crippen molar-refractivity contribution in [2.45, 2.75) is 108 Å². The summed E-state index contributed by atoms with van der Waals surface area (Å²) in [6, 6.07) is -1.71. The van der Waals surface area contributed by atoms with Crippen LogP contribution in [0.1, 0.15) is 84.0 Å². The number of aliphatic hydroxyl groups is 4. The molecule has 0 aromatic carbocycles. The van der Waals surface area contributed by atoms with Crippen LogP contribution in [0.15, 0.2) is 0 Å². The maximum Gasteiger partial charge on any atom is 0.246 e. The molecule has 0 aromatic heterocycles. The average molecular weight is 406 g/mol. The van der Waals surface area contributed by atoms with Crippen molar-refractivity contribution in [2.75, 3.05) is 6.61 Å². The van der Waals surface area contributed by atoms with E-state index in [2.05, 4.69) is 6.92 Å². The quantitative estimate of drug-likeness (QED) is 0.101. The SMILES string of the molecule is CCCCCCCCCCCCCC(=O)N(O)[C@@H](C=O)[C@@H](O)[C@H](O)[C@H](O)CO. The summed E-state index contributed by atoms with van der Waals surface area (Å²) in [6.45, 7) is 1.37. The normalized spacial score (nSPS) is 15.6. The number of unbranched alkanes of at least 4 members (excludes halogenated alkanes) is 10. The number of rotatable bonds is 18. The van der Waals surface area contributed by atoms with Gasteiger partial charge in [-0.3, -0.25) is 10.0 Å². The zero-order valence-corrected chi connectivity index (χ0v) is 17.1.